The largest absolute Gasteiger partial charge is 0.506 e. The van der Waals surface area contributed by atoms with E-state index in [0.717, 1.165) is 5.39 Å². The van der Waals surface area contributed by atoms with E-state index in [4.69, 9.17) is 0 Å². The van der Waals surface area contributed by atoms with Gasteiger partial charge < -0.3 is 10.1 Å². The molecule has 2 rings (SSSR count). The molecule has 13 heavy (non-hydrogen) atoms. The van der Waals surface area contributed by atoms with Crippen molar-refractivity contribution in [3.05, 3.63) is 40.7 Å². The molecule has 3 radical (unpaired) electrons. The number of aromatic hydroxyl groups is 1. The summed E-state index contributed by atoms with van der Waals surface area (Å²) < 4.78 is 0. The Morgan fingerprint density at radius 2 is 1.92 bits per heavy atom. The molecule has 2 aromatic rings. The van der Waals surface area contributed by atoms with Crippen LogP contribution in [0, 0.1) is 0 Å². The van der Waals surface area contributed by atoms with Gasteiger partial charge in [0.05, 0.1) is 5.52 Å². The van der Waals surface area contributed by atoms with Crippen molar-refractivity contribution in [1.29, 1.82) is 0 Å². The number of phenolic OH excluding ortho intramolecular Hbond substituents is 1. The van der Waals surface area contributed by atoms with Gasteiger partial charge >= 0.3 is 0 Å². The Morgan fingerprint density at radius 1 is 1.15 bits per heavy atom. The molecule has 0 fully saturated rings. The summed E-state index contributed by atoms with van der Waals surface area (Å²) in [6, 6.07) is 8.20. The van der Waals surface area contributed by atoms with Crippen LogP contribution in [0.25, 0.3) is 10.9 Å². The van der Waals surface area contributed by atoms with Crippen molar-refractivity contribution in [2.75, 3.05) is 0 Å². The second-order valence-electron chi connectivity index (χ2n) is 2.56. The topological polar surface area (TPSA) is 53.1 Å². The molecular formula is C9H7BiNO2. The second-order valence-corrected chi connectivity index (χ2v) is 2.56. The predicted octanol–water partition coefficient (Wildman–Crippen LogP) is 0.853. The second kappa shape index (κ2) is 3.88. The molecule has 0 saturated heterocycles. The zero-order valence-corrected chi connectivity index (χ0v) is 10.2. The van der Waals surface area contributed by atoms with Gasteiger partial charge in [-0.05, 0) is 12.1 Å². The third-order valence-electron chi connectivity index (χ3n) is 1.74. The molecule has 4 heteroatoms. The van der Waals surface area contributed by atoms with Crippen LogP contribution in [0.15, 0.2) is 35.1 Å². The van der Waals surface area contributed by atoms with Crippen molar-refractivity contribution in [1.82, 2.24) is 4.98 Å². The quantitative estimate of drug-likeness (QED) is 0.676. The average molecular weight is 370 g/mol. The number of fused-ring (bicyclic) bond motifs is 1. The summed E-state index contributed by atoms with van der Waals surface area (Å²) in [5.74, 6) is 0.102. The Bertz CT molecular complexity index is 478. The van der Waals surface area contributed by atoms with Gasteiger partial charge in [-0.1, -0.05) is 12.1 Å². The summed E-state index contributed by atoms with van der Waals surface area (Å²) in [4.78, 5) is 13.4. The number of para-hydroxylation sites is 1. The van der Waals surface area contributed by atoms with Crippen molar-refractivity contribution in [3.8, 4) is 5.75 Å². The first-order chi connectivity index (χ1) is 5.77. The molecule has 0 atom stereocenters. The van der Waals surface area contributed by atoms with Gasteiger partial charge in [0.15, 0.2) is 0 Å². The molecule has 0 aliphatic rings. The van der Waals surface area contributed by atoms with Crippen molar-refractivity contribution in [2.24, 2.45) is 0 Å². The monoisotopic (exact) mass is 370 g/mol. The fourth-order valence-corrected chi connectivity index (χ4v) is 1.16. The Balaban J connectivity index is 0.000000845. The summed E-state index contributed by atoms with van der Waals surface area (Å²) >= 11 is 0. The van der Waals surface area contributed by atoms with Gasteiger partial charge in [-0.15, -0.1) is 0 Å². The number of pyridine rings is 1. The maximum absolute atomic E-state index is 10.9. The molecule has 0 spiro atoms. The standard InChI is InChI=1S/C9H7NO2.Bi/c11-7-3-1-2-6-4-5-8(12)10-9(6)7;/h1-5,11H,(H,10,12);. The van der Waals surface area contributed by atoms with E-state index in [-0.39, 0.29) is 37.5 Å². The van der Waals surface area contributed by atoms with Gasteiger partial charge in [0.1, 0.15) is 5.75 Å². The summed E-state index contributed by atoms with van der Waals surface area (Å²) in [5.41, 5.74) is 0.286. The molecule has 0 aliphatic heterocycles. The van der Waals surface area contributed by atoms with Crippen LogP contribution in [0.4, 0.5) is 0 Å². The van der Waals surface area contributed by atoms with E-state index in [2.05, 4.69) is 4.98 Å². The van der Waals surface area contributed by atoms with Gasteiger partial charge in [-0.2, -0.15) is 0 Å². The van der Waals surface area contributed by atoms with Gasteiger partial charge in [-0.25, -0.2) is 0 Å². The Hall–Kier alpha value is -0.887. The molecule has 0 aliphatic carbocycles. The SMILES string of the molecule is O=c1ccc2cccc(O)c2[nH]1.[Bi]. The van der Waals surface area contributed by atoms with E-state index >= 15 is 0 Å². The van der Waals surface area contributed by atoms with E-state index in [1.807, 2.05) is 6.07 Å². The molecule has 0 saturated carbocycles. The summed E-state index contributed by atoms with van der Waals surface area (Å²) in [6.45, 7) is 0. The molecule has 0 amide bonds. The summed E-state index contributed by atoms with van der Waals surface area (Å²) in [5, 5.41) is 10.2. The molecule has 1 aromatic heterocycles. The van der Waals surface area contributed by atoms with Gasteiger partial charge in [0.2, 0.25) is 5.56 Å². The molecule has 0 bridgehead atoms. The molecule has 2 N–H and O–H groups in total. The number of rotatable bonds is 0. The van der Waals surface area contributed by atoms with Crippen molar-refractivity contribution < 1.29 is 5.11 Å². The van der Waals surface area contributed by atoms with Crippen LogP contribution < -0.4 is 5.56 Å². The van der Waals surface area contributed by atoms with Crippen LogP contribution in [0.2, 0.25) is 0 Å². The smallest absolute Gasteiger partial charge is 0.248 e. The number of phenols is 1. The van der Waals surface area contributed by atoms with Crippen LogP contribution in [0.1, 0.15) is 0 Å². The van der Waals surface area contributed by atoms with E-state index in [9.17, 15) is 9.90 Å². The molecule has 1 aromatic carbocycles. The number of benzene rings is 1. The minimum absolute atomic E-state index is 0. The maximum Gasteiger partial charge on any atom is 0.248 e. The number of aromatic nitrogens is 1. The first-order valence-corrected chi connectivity index (χ1v) is 3.58. The molecular weight excluding hydrogens is 363 g/mol. The van der Waals surface area contributed by atoms with Crippen LogP contribution in [-0.4, -0.2) is 36.3 Å². The van der Waals surface area contributed by atoms with Crippen LogP contribution >= 0.6 is 0 Å². The predicted molar refractivity (Wildman–Crippen MR) is 52.0 cm³/mol. The van der Waals surface area contributed by atoms with Gasteiger partial charge in [0, 0.05) is 37.7 Å². The van der Waals surface area contributed by atoms with Crippen molar-refractivity contribution in [3.63, 3.8) is 0 Å². The summed E-state index contributed by atoms with van der Waals surface area (Å²) in [7, 11) is 0. The van der Waals surface area contributed by atoms with Gasteiger partial charge in [0.25, 0.3) is 0 Å². The average Bonchev–Trinajstić information content (AvgIpc) is 2.07. The zero-order valence-electron chi connectivity index (χ0n) is 6.69. The summed E-state index contributed by atoms with van der Waals surface area (Å²) in [6.07, 6.45) is 0. The molecule has 1 heterocycles. The zero-order chi connectivity index (χ0) is 8.55. The fraction of sp³-hybridized carbons (Fsp3) is 0. The molecule has 0 unspecified atom stereocenters. The van der Waals surface area contributed by atoms with E-state index in [1.54, 1.807) is 12.1 Å². The van der Waals surface area contributed by atoms with Crippen LogP contribution in [-0.2, 0) is 0 Å². The maximum atomic E-state index is 10.9. The molecule has 65 valence electrons. The first kappa shape index (κ1) is 10.2. The Kier molecular flexibility index (Phi) is 3.04. The third kappa shape index (κ3) is 1.89. The fourth-order valence-electron chi connectivity index (χ4n) is 1.16. The number of H-pyrrole nitrogens is 1. The van der Waals surface area contributed by atoms with E-state index in [0.29, 0.717) is 5.52 Å². The van der Waals surface area contributed by atoms with Crippen molar-refractivity contribution in [2.45, 2.75) is 0 Å². The van der Waals surface area contributed by atoms with Crippen molar-refractivity contribution >= 4 is 37.1 Å². The van der Waals surface area contributed by atoms with Crippen LogP contribution in [0.3, 0.4) is 0 Å². The normalized spacial score (nSPS) is 9.54. The number of nitrogens with one attached hydrogen (secondary N) is 1. The molecule has 3 nitrogen and oxygen atoms in total. The number of hydrogen-bond donors (Lipinski definition) is 2. The number of aromatic amines is 1. The Morgan fingerprint density at radius 3 is 2.69 bits per heavy atom. The third-order valence-corrected chi connectivity index (χ3v) is 1.74. The Labute approximate surface area is 93.5 Å². The van der Waals surface area contributed by atoms with E-state index in [1.165, 1.54) is 12.1 Å². The minimum Gasteiger partial charge on any atom is -0.506 e. The van der Waals surface area contributed by atoms with Gasteiger partial charge in [-0.3, -0.25) is 4.79 Å². The van der Waals surface area contributed by atoms with Crippen LogP contribution in [0.5, 0.6) is 5.75 Å². The number of hydrogen-bond acceptors (Lipinski definition) is 2. The first-order valence-electron chi connectivity index (χ1n) is 3.58. The van der Waals surface area contributed by atoms with E-state index < -0.39 is 0 Å². The minimum atomic E-state index is -0.205.